The summed E-state index contributed by atoms with van der Waals surface area (Å²) in [6.45, 7) is 6.47. The molecule has 0 saturated carbocycles. The van der Waals surface area contributed by atoms with Crippen molar-refractivity contribution in [2.75, 3.05) is 57.8 Å². The Hall–Kier alpha value is -5.61. The zero-order chi connectivity index (χ0) is 39.5. The molecule has 0 bridgehead atoms. The van der Waals surface area contributed by atoms with E-state index in [1.54, 1.807) is 40.0 Å². The molecule has 0 spiro atoms. The zero-order valence-electron chi connectivity index (χ0n) is 31.9. The van der Waals surface area contributed by atoms with Gasteiger partial charge in [-0.05, 0) is 78.3 Å². The number of rotatable bonds is 7. The third kappa shape index (κ3) is 7.05. The predicted molar refractivity (Wildman–Crippen MR) is 215 cm³/mol. The van der Waals surface area contributed by atoms with Gasteiger partial charge in [-0.1, -0.05) is 12.1 Å². The van der Waals surface area contributed by atoms with Crippen LogP contribution in [-0.2, 0) is 21.4 Å². The van der Waals surface area contributed by atoms with Crippen LogP contribution in [-0.4, -0.2) is 122 Å². The van der Waals surface area contributed by atoms with Crippen LogP contribution in [0.25, 0.3) is 22.6 Å². The molecule has 4 amide bonds. The van der Waals surface area contributed by atoms with Gasteiger partial charge in [0.25, 0.3) is 5.91 Å². The second kappa shape index (κ2) is 14.7. The van der Waals surface area contributed by atoms with E-state index in [2.05, 4.69) is 63.2 Å². The number of carbonyl (C=O) groups excluding carboxylic acids is 4. The summed E-state index contributed by atoms with van der Waals surface area (Å²) < 4.78 is 8.71. The number of halogens is 1. The minimum absolute atomic E-state index is 0.0724. The van der Waals surface area contributed by atoms with Crippen molar-refractivity contribution in [1.29, 1.82) is 0 Å². The van der Waals surface area contributed by atoms with Gasteiger partial charge in [0.1, 0.15) is 23.1 Å². The van der Waals surface area contributed by atoms with Crippen molar-refractivity contribution >= 4 is 56.4 Å². The molecule has 3 aromatic heterocycles. The molecule has 3 unspecified atom stereocenters. The molecule has 57 heavy (non-hydrogen) atoms. The maximum atomic E-state index is 14.0. The van der Waals surface area contributed by atoms with Crippen LogP contribution in [0.4, 0.5) is 5.69 Å². The van der Waals surface area contributed by atoms with Crippen LogP contribution in [0.1, 0.15) is 40.4 Å². The summed E-state index contributed by atoms with van der Waals surface area (Å²) in [5, 5.41) is 6.87. The van der Waals surface area contributed by atoms with E-state index in [0.717, 1.165) is 35.6 Å². The molecule has 7 heterocycles. The minimum atomic E-state index is -0.415. The molecular weight excluding hydrogens is 792 g/mol. The van der Waals surface area contributed by atoms with Gasteiger partial charge in [0.05, 0.1) is 21.6 Å². The number of hydrogen-bond acceptors (Lipinski definition) is 10. The lowest BCUT2D eigenvalue weighted by molar-refractivity contribution is -0.137. The van der Waals surface area contributed by atoms with Crippen molar-refractivity contribution in [2.45, 2.75) is 31.7 Å². The Morgan fingerprint density at radius 2 is 1.65 bits per heavy atom. The number of benzene rings is 2. The number of nitrogens with zero attached hydrogens (tertiary/aromatic N) is 8. The number of aromatic nitrogens is 5. The van der Waals surface area contributed by atoms with Gasteiger partial charge >= 0.3 is 0 Å². The molecule has 4 fully saturated rings. The van der Waals surface area contributed by atoms with E-state index >= 15 is 0 Å². The summed E-state index contributed by atoms with van der Waals surface area (Å²) in [5.74, 6) is 1.65. The second-order valence-electron chi connectivity index (χ2n) is 15.7. The number of anilines is 1. The topological polar surface area (TPSA) is 162 Å². The first kappa shape index (κ1) is 37.0. The molecule has 2 N–H and O–H groups in total. The summed E-state index contributed by atoms with van der Waals surface area (Å²) in [6, 6.07) is 14.7. The number of fused-ring (bicyclic) bond motifs is 2. The first-order valence-corrected chi connectivity index (χ1v) is 20.1. The van der Waals surface area contributed by atoms with E-state index in [1.165, 1.54) is 0 Å². The van der Waals surface area contributed by atoms with Gasteiger partial charge in [-0.3, -0.25) is 34.1 Å². The maximum absolute atomic E-state index is 14.0. The van der Waals surface area contributed by atoms with Gasteiger partial charge in [0.15, 0.2) is 11.4 Å². The van der Waals surface area contributed by atoms with Gasteiger partial charge in [-0.15, -0.1) is 0 Å². The molecule has 0 aliphatic carbocycles. The van der Waals surface area contributed by atoms with Crippen molar-refractivity contribution in [3.05, 3.63) is 82.2 Å². The van der Waals surface area contributed by atoms with E-state index in [9.17, 15) is 19.2 Å². The lowest BCUT2D eigenvalue weighted by Gasteiger charge is -2.40. The highest BCUT2D eigenvalue weighted by Gasteiger charge is 2.44. The third-order valence-electron chi connectivity index (χ3n) is 11.9. The van der Waals surface area contributed by atoms with Crippen molar-refractivity contribution in [2.24, 2.45) is 18.9 Å². The monoisotopic (exact) mass is 834 g/mol. The Labute approximate surface area is 337 Å². The number of ether oxygens (including phenoxy) is 1. The molecule has 4 saturated heterocycles. The standard InChI is InChI=1S/C41H43BrN10O5/c1-23-31(21-49(3)47-23)37-45-35-36(32(42)16-43-38(35)46-37)57-29-10-6-25(7-11-29)40(55)50-15-14-48(2)33(22-50)41(56)52-19-26-17-51(18-27(26)20-52)28-8-4-24(5-9-28)30-12-13-34(53)44-39(30)54/h4-11,16,21,26-27,30,33H,12-15,17-20,22H2,1-3H3,(H,43,45,46)(H,44,53,54)/t26?,27?,30-,33?/m0/s1. The summed E-state index contributed by atoms with van der Waals surface area (Å²) in [6.07, 6.45) is 4.44. The van der Waals surface area contributed by atoms with Crippen LogP contribution >= 0.6 is 15.9 Å². The summed E-state index contributed by atoms with van der Waals surface area (Å²) >= 11 is 3.57. The van der Waals surface area contributed by atoms with Crippen LogP contribution in [0.5, 0.6) is 11.5 Å². The van der Waals surface area contributed by atoms with Gasteiger partial charge in [-0.25, -0.2) is 9.97 Å². The minimum Gasteiger partial charge on any atom is -0.454 e. The fourth-order valence-corrected chi connectivity index (χ4v) is 9.17. The highest BCUT2D eigenvalue weighted by Crippen LogP contribution is 2.38. The number of carbonyl (C=O) groups is 4. The molecule has 4 aliphatic heterocycles. The largest absolute Gasteiger partial charge is 0.454 e. The number of imide groups is 1. The molecule has 294 valence electrons. The number of aryl methyl sites for hydroxylation is 2. The Bertz CT molecular complexity index is 2380. The molecule has 5 aromatic rings. The fraction of sp³-hybridized carbons (Fsp3) is 0.390. The normalized spacial score (nSPS) is 22.6. The average molecular weight is 836 g/mol. The van der Waals surface area contributed by atoms with Gasteiger partial charge in [0, 0.05) is 94.8 Å². The SMILES string of the molecule is Cc1nn(C)cc1-c1nc2ncc(Br)c(Oc3ccc(C(=O)N4CCN(C)C(C(=O)N5CC6CN(c7ccc([C@@H]8CCC(=O)NC8=O)cc7)CC6C5)C4)cc3)c2[nH]1. The molecule has 9 rings (SSSR count). The third-order valence-corrected chi connectivity index (χ3v) is 12.5. The van der Waals surface area contributed by atoms with E-state index in [4.69, 9.17) is 4.74 Å². The number of nitrogens with one attached hydrogen (secondary N) is 2. The molecule has 0 radical (unpaired) electrons. The van der Waals surface area contributed by atoms with Gasteiger partial charge in [-0.2, -0.15) is 5.10 Å². The number of aromatic amines is 1. The molecule has 4 atom stereocenters. The summed E-state index contributed by atoms with van der Waals surface area (Å²) in [7, 11) is 3.82. The highest BCUT2D eigenvalue weighted by atomic mass is 79.9. The van der Waals surface area contributed by atoms with Crippen molar-refractivity contribution < 1.29 is 23.9 Å². The van der Waals surface area contributed by atoms with E-state index in [-0.39, 0.29) is 29.5 Å². The molecular formula is C41H43BrN10O5. The number of amides is 4. The van der Waals surface area contributed by atoms with E-state index < -0.39 is 6.04 Å². The van der Waals surface area contributed by atoms with Crippen LogP contribution in [0, 0.1) is 18.8 Å². The number of pyridine rings is 1. The number of imidazole rings is 1. The Morgan fingerprint density at radius 1 is 0.912 bits per heavy atom. The number of likely N-dealkylation sites (N-methyl/N-ethyl adjacent to an activating group) is 1. The predicted octanol–water partition coefficient (Wildman–Crippen LogP) is 4.09. The lowest BCUT2D eigenvalue weighted by Crippen LogP contribution is -2.59. The summed E-state index contributed by atoms with van der Waals surface area (Å²) in [4.78, 5) is 72.4. The zero-order valence-corrected chi connectivity index (χ0v) is 33.5. The fourth-order valence-electron chi connectivity index (χ4n) is 8.79. The van der Waals surface area contributed by atoms with E-state index in [1.807, 2.05) is 44.2 Å². The highest BCUT2D eigenvalue weighted by molar-refractivity contribution is 9.10. The van der Waals surface area contributed by atoms with E-state index in [0.29, 0.717) is 95.9 Å². The Balaban J connectivity index is 0.812. The van der Waals surface area contributed by atoms with Crippen molar-refractivity contribution in [1.82, 2.24) is 44.7 Å². The number of hydrogen-bond donors (Lipinski definition) is 2. The van der Waals surface area contributed by atoms with Crippen molar-refractivity contribution in [3.63, 3.8) is 0 Å². The second-order valence-corrected chi connectivity index (χ2v) is 16.5. The number of piperidine rings is 1. The number of likely N-dealkylation sites (tertiary alicyclic amines) is 1. The Kier molecular flexibility index (Phi) is 9.55. The van der Waals surface area contributed by atoms with Crippen LogP contribution < -0.4 is 15.0 Å². The molecule has 4 aliphatic rings. The Morgan fingerprint density at radius 3 is 2.33 bits per heavy atom. The van der Waals surface area contributed by atoms with Crippen LogP contribution in [0.3, 0.4) is 0 Å². The maximum Gasteiger partial charge on any atom is 0.253 e. The molecule has 16 heteroatoms. The lowest BCUT2D eigenvalue weighted by atomic mass is 9.90. The first-order valence-electron chi connectivity index (χ1n) is 19.3. The van der Waals surface area contributed by atoms with Crippen LogP contribution in [0.2, 0.25) is 0 Å². The molecule has 15 nitrogen and oxygen atoms in total. The quantitative estimate of drug-likeness (QED) is 0.229. The number of H-pyrrole nitrogens is 1. The first-order chi connectivity index (χ1) is 27.5. The van der Waals surface area contributed by atoms with Crippen LogP contribution in [0.15, 0.2) is 65.4 Å². The smallest absolute Gasteiger partial charge is 0.253 e. The van der Waals surface area contributed by atoms with Gasteiger partial charge < -0.3 is 24.4 Å². The molecule has 2 aromatic carbocycles. The number of piperazine rings is 1. The van der Waals surface area contributed by atoms with Crippen molar-refractivity contribution in [3.8, 4) is 22.9 Å². The van der Waals surface area contributed by atoms with Gasteiger partial charge in [0.2, 0.25) is 17.7 Å². The summed E-state index contributed by atoms with van der Waals surface area (Å²) in [5.41, 5.74) is 5.40. The average Bonchev–Trinajstić information content (AvgIpc) is 3.99.